The summed E-state index contributed by atoms with van der Waals surface area (Å²) < 4.78 is 25.8. The number of aliphatic hydroxyl groups is 1. The number of carbonyl (C=O) groups is 3. The second kappa shape index (κ2) is 12.3. The standard InChI is InChI=1S/C44H40N6O8/c1-20(2)31-38-49-34-36(58-38)44-25-11-7-10-23(22-9-8-12-27-30(22)24(19-45-27)35-33(40(52)55-3)48-39(34)57-35)32(25)50-42(44)56-29-14-13-21(17-26(29)44)18-28(37(51)47-31)46-41(53)43(54)15-5-4-6-16-43/h7-14,17,19-20,28,31,42,45,50,54H,4-6,15-16,18H2,1-3H3,(H,46,53)(H,47,51)/t28-,31-,42?,44?/m0/s1. The number of ether oxygens (including phenoxy) is 2. The van der Waals surface area contributed by atoms with Crippen LogP contribution in [0.4, 0.5) is 5.69 Å². The van der Waals surface area contributed by atoms with Crippen LogP contribution in [0.2, 0.25) is 0 Å². The fraction of sp³-hybridized carbons (Fsp3) is 0.341. The SMILES string of the molecule is COC(=O)c1nc2oc1-c1c[nH]c3cccc(c13)-c1cccc3c1NC1Oc4ccc5cc4C31c1oc(nc1-2)[C@H](C(C)C)NC(=O)[C@@H](NC(=O)C1(O)CCCCC1)C5. The van der Waals surface area contributed by atoms with Crippen LogP contribution < -0.4 is 20.7 Å². The van der Waals surface area contributed by atoms with Gasteiger partial charge in [0, 0.05) is 51.5 Å². The fourth-order valence-corrected chi connectivity index (χ4v) is 9.83. The molecule has 294 valence electrons. The maximum Gasteiger partial charge on any atom is 0.360 e. The van der Waals surface area contributed by atoms with E-state index in [4.69, 9.17) is 28.3 Å². The molecule has 4 aliphatic heterocycles. The van der Waals surface area contributed by atoms with Crippen LogP contribution in [0.5, 0.6) is 5.75 Å². The van der Waals surface area contributed by atoms with Gasteiger partial charge in [0.15, 0.2) is 29.1 Å². The van der Waals surface area contributed by atoms with E-state index in [1.807, 2.05) is 62.4 Å². The van der Waals surface area contributed by atoms with Crippen LogP contribution in [-0.2, 0) is 26.2 Å². The van der Waals surface area contributed by atoms with Crippen molar-refractivity contribution in [1.29, 1.82) is 0 Å². The van der Waals surface area contributed by atoms with Crippen LogP contribution in [0.1, 0.15) is 90.8 Å². The molecule has 6 aromatic rings. The van der Waals surface area contributed by atoms with E-state index < -0.39 is 47.1 Å². The molecule has 10 bridgehead atoms. The Balaban J connectivity index is 1.20. The maximum absolute atomic E-state index is 14.4. The monoisotopic (exact) mass is 780 g/mol. The van der Waals surface area contributed by atoms with Crippen molar-refractivity contribution < 1.29 is 37.8 Å². The van der Waals surface area contributed by atoms with Crippen LogP contribution >= 0.6 is 0 Å². The number of oxazole rings is 2. The van der Waals surface area contributed by atoms with Gasteiger partial charge in [-0.25, -0.2) is 9.78 Å². The zero-order valence-corrected chi connectivity index (χ0v) is 32.0. The minimum Gasteiger partial charge on any atom is -0.469 e. The van der Waals surface area contributed by atoms with E-state index in [0.29, 0.717) is 29.9 Å². The zero-order valence-electron chi connectivity index (χ0n) is 32.0. The van der Waals surface area contributed by atoms with Gasteiger partial charge in [0.05, 0.1) is 7.11 Å². The minimum atomic E-state index is -1.56. The molecule has 1 spiro atoms. The Bertz CT molecular complexity index is 2740. The summed E-state index contributed by atoms with van der Waals surface area (Å²) in [6, 6.07) is 16.0. The van der Waals surface area contributed by atoms with Crippen molar-refractivity contribution >= 4 is 34.4 Å². The Morgan fingerprint density at radius 1 is 0.966 bits per heavy atom. The van der Waals surface area contributed by atoms with Crippen molar-refractivity contribution in [3.05, 3.63) is 94.8 Å². The summed E-state index contributed by atoms with van der Waals surface area (Å²) in [5.41, 5.74) is 3.83. The Morgan fingerprint density at radius 2 is 1.78 bits per heavy atom. The summed E-state index contributed by atoms with van der Waals surface area (Å²) in [5, 5.41) is 22.0. The summed E-state index contributed by atoms with van der Waals surface area (Å²) in [7, 11) is 1.29. The molecule has 58 heavy (non-hydrogen) atoms. The lowest BCUT2D eigenvalue weighted by Gasteiger charge is -2.33. The first-order valence-electron chi connectivity index (χ1n) is 19.8. The predicted octanol–water partition coefficient (Wildman–Crippen LogP) is 6.27. The lowest BCUT2D eigenvalue weighted by atomic mass is 9.72. The number of anilines is 1. The van der Waals surface area contributed by atoms with Crippen LogP contribution in [0.15, 0.2) is 69.6 Å². The molecule has 1 fully saturated rings. The number of aromatic amines is 1. The molecule has 3 aromatic carbocycles. The first-order chi connectivity index (χ1) is 28.1. The van der Waals surface area contributed by atoms with Gasteiger partial charge in [-0.1, -0.05) is 75.6 Å². The van der Waals surface area contributed by atoms with Gasteiger partial charge in [0.1, 0.15) is 28.8 Å². The first kappa shape index (κ1) is 34.8. The highest BCUT2D eigenvalue weighted by molar-refractivity contribution is 6.10. The van der Waals surface area contributed by atoms with Gasteiger partial charge in [-0.15, -0.1) is 0 Å². The Kier molecular flexibility index (Phi) is 7.38. The molecule has 5 N–H and O–H groups in total. The molecule has 14 heteroatoms. The van der Waals surface area contributed by atoms with Gasteiger partial charge in [0.2, 0.25) is 17.7 Å². The van der Waals surface area contributed by atoms with Gasteiger partial charge >= 0.3 is 5.97 Å². The molecule has 3 aromatic heterocycles. The lowest BCUT2D eigenvalue weighted by molar-refractivity contribution is -0.145. The number of fused-ring (bicyclic) bond motifs is 7. The predicted molar refractivity (Wildman–Crippen MR) is 210 cm³/mol. The number of amides is 2. The largest absolute Gasteiger partial charge is 0.469 e. The summed E-state index contributed by atoms with van der Waals surface area (Å²) in [4.78, 5) is 55.0. The third kappa shape index (κ3) is 4.71. The van der Waals surface area contributed by atoms with Gasteiger partial charge < -0.3 is 44.3 Å². The van der Waals surface area contributed by atoms with Crippen LogP contribution in [0, 0.1) is 5.92 Å². The lowest BCUT2D eigenvalue weighted by Crippen LogP contribution is -2.56. The molecular weight excluding hydrogens is 741 g/mol. The number of H-pyrrole nitrogens is 1. The first-order valence-corrected chi connectivity index (χ1v) is 19.8. The van der Waals surface area contributed by atoms with E-state index in [0.717, 1.165) is 63.7 Å². The fourth-order valence-electron chi connectivity index (χ4n) is 9.83. The molecule has 14 nitrogen and oxygen atoms in total. The number of aromatic nitrogens is 3. The Hall–Kier alpha value is -6.41. The van der Waals surface area contributed by atoms with E-state index in [1.54, 1.807) is 6.20 Å². The number of rotatable bonds is 4. The third-order valence-electron chi connectivity index (χ3n) is 12.7. The van der Waals surface area contributed by atoms with Crippen molar-refractivity contribution in [3.8, 4) is 39.8 Å². The highest BCUT2D eigenvalue weighted by atomic mass is 16.5. The number of hydrogen-bond acceptors (Lipinski definition) is 11. The average Bonchev–Trinajstić information content (AvgIpc) is 4.05. The Morgan fingerprint density at radius 3 is 2.59 bits per heavy atom. The number of carbonyl (C=O) groups excluding carboxylic acids is 3. The molecular formula is C44H40N6O8. The number of esters is 1. The van der Waals surface area contributed by atoms with Crippen molar-refractivity contribution in [3.63, 3.8) is 0 Å². The van der Waals surface area contributed by atoms with Gasteiger partial charge in [-0.3, -0.25) is 9.59 Å². The van der Waals surface area contributed by atoms with Gasteiger partial charge in [0.25, 0.3) is 5.91 Å². The van der Waals surface area contributed by atoms with E-state index >= 15 is 0 Å². The highest BCUT2D eigenvalue weighted by Gasteiger charge is 2.62. The number of para-hydroxylation sites is 1. The number of benzene rings is 3. The van der Waals surface area contributed by atoms with Crippen LogP contribution in [-0.4, -0.2) is 62.8 Å². The minimum absolute atomic E-state index is 0.0182. The van der Waals surface area contributed by atoms with E-state index in [1.165, 1.54) is 7.11 Å². The molecule has 0 saturated heterocycles. The summed E-state index contributed by atoms with van der Waals surface area (Å²) >= 11 is 0. The molecule has 7 heterocycles. The zero-order chi connectivity index (χ0) is 39.7. The smallest absolute Gasteiger partial charge is 0.360 e. The highest BCUT2D eigenvalue weighted by Crippen LogP contribution is 2.61. The molecule has 11 rings (SSSR count). The molecule has 0 radical (unpaired) electrons. The topological polar surface area (TPSA) is 194 Å². The van der Waals surface area contributed by atoms with Crippen LogP contribution in [0.25, 0.3) is 44.9 Å². The Labute approximate surface area is 331 Å². The van der Waals surface area contributed by atoms with Crippen molar-refractivity contribution in [2.24, 2.45) is 5.92 Å². The summed E-state index contributed by atoms with van der Waals surface area (Å²) in [6.07, 6.45) is 4.25. The molecule has 2 amide bonds. The van der Waals surface area contributed by atoms with Crippen molar-refractivity contribution in [2.45, 2.75) is 81.7 Å². The number of methoxy groups -OCH3 is 1. The van der Waals surface area contributed by atoms with E-state index in [-0.39, 0.29) is 41.3 Å². The molecule has 2 unspecified atom stereocenters. The number of nitrogens with zero attached hydrogens (tertiary/aromatic N) is 2. The average molecular weight is 781 g/mol. The van der Waals surface area contributed by atoms with Crippen molar-refractivity contribution in [2.75, 3.05) is 12.4 Å². The van der Waals surface area contributed by atoms with Gasteiger partial charge in [-0.2, -0.15) is 4.98 Å². The quantitative estimate of drug-likeness (QED) is 0.127. The normalized spacial score (nSPS) is 23.2. The van der Waals surface area contributed by atoms with Crippen LogP contribution in [0.3, 0.4) is 0 Å². The van der Waals surface area contributed by atoms with E-state index in [9.17, 15) is 19.5 Å². The second-order valence-corrected chi connectivity index (χ2v) is 16.4. The maximum atomic E-state index is 14.4. The molecule has 4 atom stereocenters. The second-order valence-electron chi connectivity index (χ2n) is 16.4. The summed E-state index contributed by atoms with van der Waals surface area (Å²) in [6.45, 7) is 3.88. The van der Waals surface area contributed by atoms with Gasteiger partial charge in [-0.05, 0) is 42.0 Å². The van der Waals surface area contributed by atoms with E-state index in [2.05, 4.69) is 27.0 Å². The van der Waals surface area contributed by atoms with Crippen molar-refractivity contribution in [1.82, 2.24) is 25.6 Å². The number of nitrogens with one attached hydrogen (secondary N) is 4. The molecule has 1 saturated carbocycles. The molecule has 1 aliphatic carbocycles. The summed E-state index contributed by atoms with van der Waals surface area (Å²) in [5.74, 6) is -0.622. The third-order valence-corrected chi connectivity index (χ3v) is 12.7. The number of hydrogen-bond donors (Lipinski definition) is 5. The molecule has 5 aliphatic rings.